The van der Waals surface area contributed by atoms with Crippen molar-refractivity contribution in [2.45, 2.75) is 64.2 Å². The summed E-state index contributed by atoms with van der Waals surface area (Å²) in [5.41, 5.74) is 3.38. The van der Waals surface area contributed by atoms with Gasteiger partial charge in [0.05, 0.1) is 5.02 Å². The molecule has 0 spiro atoms. The third kappa shape index (κ3) is 5.59. The second kappa shape index (κ2) is 11.3. The second-order valence-corrected chi connectivity index (χ2v) is 11.8. The van der Waals surface area contributed by atoms with Gasteiger partial charge in [0.25, 0.3) is 5.91 Å². The lowest BCUT2D eigenvalue weighted by Gasteiger charge is -2.41. The van der Waals surface area contributed by atoms with Gasteiger partial charge in [-0.25, -0.2) is 0 Å². The van der Waals surface area contributed by atoms with Crippen molar-refractivity contribution in [3.63, 3.8) is 0 Å². The Hall–Kier alpha value is -2.73. The first-order chi connectivity index (χ1) is 17.9. The Labute approximate surface area is 228 Å². The number of carbonyl (C=O) groups is 1. The van der Waals surface area contributed by atoms with Gasteiger partial charge in [-0.3, -0.25) is 9.78 Å². The van der Waals surface area contributed by atoms with Gasteiger partial charge in [0.15, 0.2) is 0 Å². The highest BCUT2D eigenvalue weighted by atomic mass is 35.5. The number of amides is 1. The van der Waals surface area contributed by atoms with Crippen LogP contribution in [-0.2, 0) is 6.54 Å². The highest BCUT2D eigenvalue weighted by Gasteiger charge is 2.33. The molecule has 0 N–H and O–H groups in total. The maximum absolute atomic E-state index is 14.2. The zero-order valence-corrected chi connectivity index (χ0v) is 23.3. The van der Waals surface area contributed by atoms with Crippen molar-refractivity contribution in [3.05, 3.63) is 88.5 Å². The molecule has 1 aliphatic carbocycles. The number of hydrogen-bond acceptors (Lipinski definition) is 4. The maximum Gasteiger partial charge on any atom is 0.266 e. The molecule has 4 aromatic rings. The fraction of sp³-hybridized carbons (Fsp3) is 0.355. The van der Waals surface area contributed by atoms with Gasteiger partial charge in [0, 0.05) is 47.2 Å². The normalized spacial score (nSPS) is 18.0. The molecule has 192 valence electrons. The van der Waals surface area contributed by atoms with Crippen LogP contribution in [0.3, 0.4) is 0 Å². The van der Waals surface area contributed by atoms with Crippen LogP contribution in [-0.4, -0.2) is 45.9 Å². The predicted octanol–water partition coefficient (Wildman–Crippen LogP) is 7.91. The van der Waals surface area contributed by atoms with Crippen LogP contribution < -0.4 is 0 Å². The van der Waals surface area contributed by atoms with E-state index in [1.54, 1.807) is 0 Å². The Morgan fingerprint density at radius 2 is 1.68 bits per heavy atom. The summed E-state index contributed by atoms with van der Waals surface area (Å²) in [5, 5.41) is 1.54. The number of fused-ring (bicyclic) bond motifs is 1. The van der Waals surface area contributed by atoms with Gasteiger partial charge in [-0.2, -0.15) is 0 Å². The molecule has 5 rings (SSSR count). The first kappa shape index (κ1) is 25.9. The van der Waals surface area contributed by atoms with E-state index in [4.69, 9.17) is 11.6 Å². The van der Waals surface area contributed by atoms with Gasteiger partial charge in [-0.1, -0.05) is 48.0 Å². The standard InChI is InChI=1S/C31H34ClN3OS/c1-21(2)34(3)25-11-13-26(14-12-25)35(31(36)30-29(32)27-9-4-5-10-28(27)37-30)20-22-7-6-8-24(19-22)23-15-17-33-18-16-23/h4-10,15-19,21,25-26H,11-14,20H2,1-3H3. The van der Waals surface area contributed by atoms with Crippen LogP contribution in [0, 0.1) is 0 Å². The lowest BCUT2D eigenvalue weighted by Crippen LogP contribution is -2.46. The zero-order chi connectivity index (χ0) is 25.9. The van der Waals surface area contributed by atoms with E-state index in [1.165, 1.54) is 11.3 Å². The number of carbonyl (C=O) groups excluding carboxylic acids is 1. The van der Waals surface area contributed by atoms with Crippen molar-refractivity contribution in [1.29, 1.82) is 0 Å². The van der Waals surface area contributed by atoms with E-state index in [9.17, 15) is 4.79 Å². The van der Waals surface area contributed by atoms with E-state index < -0.39 is 0 Å². The molecule has 0 aliphatic heterocycles. The first-order valence-electron chi connectivity index (χ1n) is 13.1. The molecule has 1 aliphatic rings. The molecule has 1 amide bonds. The van der Waals surface area contributed by atoms with Crippen molar-refractivity contribution in [3.8, 4) is 11.1 Å². The average molecular weight is 532 g/mol. The summed E-state index contributed by atoms with van der Waals surface area (Å²) in [4.78, 5) is 23.5. The largest absolute Gasteiger partial charge is 0.331 e. The van der Waals surface area contributed by atoms with Gasteiger partial charge >= 0.3 is 0 Å². The average Bonchev–Trinajstić information content (AvgIpc) is 3.28. The Morgan fingerprint density at radius 3 is 2.38 bits per heavy atom. The van der Waals surface area contributed by atoms with Crippen molar-refractivity contribution in [2.75, 3.05) is 7.05 Å². The second-order valence-electron chi connectivity index (χ2n) is 10.3. The first-order valence-corrected chi connectivity index (χ1v) is 14.3. The molecule has 37 heavy (non-hydrogen) atoms. The van der Waals surface area contributed by atoms with Crippen LogP contribution in [0.4, 0.5) is 0 Å². The summed E-state index contributed by atoms with van der Waals surface area (Å²) < 4.78 is 1.05. The van der Waals surface area contributed by atoms with Crippen LogP contribution in [0.5, 0.6) is 0 Å². The van der Waals surface area contributed by atoms with Gasteiger partial charge in [-0.05, 0) is 87.5 Å². The number of thiophene rings is 1. The summed E-state index contributed by atoms with van der Waals surface area (Å²) in [5.74, 6) is 0.0428. The minimum Gasteiger partial charge on any atom is -0.331 e. The monoisotopic (exact) mass is 531 g/mol. The highest BCUT2D eigenvalue weighted by Crippen LogP contribution is 2.38. The molecule has 1 saturated carbocycles. The molecule has 2 aromatic carbocycles. The molecular weight excluding hydrogens is 498 g/mol. The van der Waals surface area contributed by atoms with Gasteiger partial charge in [-0.15, -0.1) is 11.3 Å². The summed E-state index contributed by atoms with van der Waals surface area (Å²) in [6.45, 7) is 5.07. The van der Waals surface area contributed by atoms with E-state index in [0.717, 1.165) is 52.5 Å². The predicted molar refractivity (Wildman–Crippen MR) is 155 cm³/mol. The van der Waals surface area contributed by atoms with Crippen LogP contribution in [0.15, 0.2) is 73.1 Å². The molecule has 0 saturated heterocycles. The van der Waals surface area contributed by atoms with Crippen molar-refractivity contribution < 1.29 is 4.79 Å². The highest BCUT2D eigenvalue weighted by molar-refractivity contribution is 7.21. The molecule has 0 bridgehead atoms. The van der Waals surface area contributed by atoms with Crippen LogP contribution in [0.1, 0.15) is 54.8 Å². The summed E-state index contributed by atoms with van der Waals surface area (Å²) in [7, 11) is 2.22. The number of hydrogen-bond donors (Lipinski definition) is 0. The zero-order valence-electron chi connectivity index (χ0n) is 21.7. The van der Waals surface area contributed by atoms with Crippen LogP contribution in [0.25, 0.3) is 21.2 Å². The number of benzene rings is 2. The number of halogens is 1. The minimum absolute atomic E-state index is 0.0428. The van der Waals surface area contributed by atoms with Crippen molar-refractivity contribution in [2.24, 2.45) is 0 Å². The summed E-state index contributed by atoms with van der Waals surface area (Å²) in [6.07, 6.45) is 7.82. The molecule has 0 unspecified atom stereocenters. The van der Waals surface area contributed by atoms with Crippen molar-refractivity contribution >= 4 is 38.9 Å². The number of pyridine rings is 1. The Balaban J connectivity index is 1.45. The molecule has 2 aromatic heterocycles. The Morgan fingerprint density at radius 1 is 0.973 bits per heavy atom. The smallest absolute Gasteiger partial charge is 0.266 e. The minimum atomic E-state index is 0.0428. The Kier molecular flexibility index (Phi) is 7.94. The molecule has 0 radical (unpaired) electrons. The molecule has 4 nitrogen and oxygen atoms in total. The number of aromatic nitrogens is 1. The fourth-order valence-electron chi connectivity index (χ4n) is 5.44. The quantitative estimate of drug-likeness (QED) is 0.243. The van der Waals surface area contributed by atoms with E-state index in [2.05, 4.69) is 59.9 Å². The summed E-state index contributed by atoms with van der Waals surface area (Å²) >= 11 is 8.30. The van der Waals surface area contributed by atoms with E-state index >= 15 is 0 Å². The third-order valence-corrected chi connectivity index (χ3v) is 9.44. The Bertz CT molecular complexity index is 1360. The fourth-order valence-corrected chi connectivity index (χ4v) is 6.91. The third-order valence-electron chi connectivity index (χ3n) is 7.78. The van der Waals surface area contributed by atoms with E-state index in [-0.39, 0.29) is 11.9 Å². The van der Waals surface area contributed by atoms with Crippen molar-refractivity contribution in [1.82, 2.24) is 14.8 Å². The molecule has 2 heterocycles. The lowest BCUT2D eigenvalue weighted by molar-refractivity contribution is 0.0540. The van der Waals surface area contributed by atoms with Crippen LogP contribution in [0.2, 0.25) is 5.02 Å². The molecular formula is C31H34ClN3OS. The van der Waals surface area contributed by atoms with Gasteiger partial charge in [0.2, 0.25) is 0 Å². The number of nitrogens with zero attached hydrogens (tertiary/aromatic N) is 3. The van der Waals surface area contributed by atoms with Gasteiger partial charge < -0.3 is 9.80 Å². The molecule has 6 heteroatoms. The molecule has 0 atom stereocenters. The lowest BCUT2D eigenvalue weighted by atomic mass is 9.88. The van der Waals surface area contributed by atoms with Crippen LogP contribution >= 0.6 is 22.9 Å². The van der Waals surface area contributed by atoms with Gasteiger partial charge in [0.1, 0.15) is 4.88 Å². The maximum atomic E-state index is 14.2. The SMILES string of the molecule is CC(C)N(C)C1CCC(N(Cc2cccc(-c3ccncc3)c2)C(=O)c2sc3ccccc3c2Cl)CC1. The van der Waals surface area contributed by atoms with E-state index in [0.29, 0.717) is 28.5 Å². The topological polar surface area (TPSA) is 36.4 Å². The number of rotatable bonds is 7. The van der Waals surface area contributed by atoms with E-state index in [1.807, 2.05) is 48.8 Å². The molecule has 1 fully saturated rings. The summed E-state index contributed by atoms with van der Waals surface area (Å²) in [6, 6.07) is 21.8.